The molecule has 2 N–H and O–H groups in total. The number of pyridine rings is 1. The van der Waals surface area contributed by atoms with Gasteiger partial charge >= 0.3 is 0 Å². The van der Waals surface area contributed by atoms with Crippen molar-refractivity contribution in [2.24, 2.45) is 0 Å². The first-order valence-corrected chi connectivity index (χ1v) is 7.26. The van der Waals surface area contributed by atoms with E-state index in [1.807, 2.05) is 30.3 Å². The van der Waals surface area contributed by atoms with E-state index in [9.17, 15) is 4.79 Å². The third-order valence-corrected chi connectivity index (χ3v) is 3.18. The monoisotopic (exact) mass is 355 g/mol. The number of halogens is 2. The minimum absolute atomic E-state index is 0. The summed E-state index contributed by atoms with van der Waals surface area (Å²) < 4.78 is 0. The molecule has 0 spiro atoms. The Balaban J connectivity index is 0.00000242. The van der Waals surface area contributed by atoms with Crippen molar-refractivity contribution < 1.29 is 4.79 Å². The summed E-state index contributed by atoms with van der Waals surface area (Å²) in [7, 11) is 0. The van der Waals surface area contributed by atoms with Crippen LogP contribution in [0.1, 0.15) is 24.5 Å². The van der Waals surface area contributed by atoms with Crippen molar-refractivity contribution in [1.82, 2.24) is 10.3 Å². The largest absolute Gasteiger partial charge is 0.326 e. The molecule has 0 fully saturated rings. The fourth-order valence-electron chi connectivity index (χ4n) is 2.06. The first-order chi connectivity index (χ1) is 10.3. The topological polar surface area (TPSA) is 54.0 Å². The molecule has 1 aromatic carbocycles. The summed E-state index contributed by atoms with van der Waals surface area (Å²) >= 11 is 0. The SMILES string of the molecule is CCNCc1cccc(NC(=O)CCc2ccncc2)c1.Cl.Cl. The van der Waals surface area contributed by atoms with E-state index in [2.05, 4.69) is 28.6 Å². The summed E-state index contributed by atoms with van der Waals surface area (Å²) in [5.74, 6) is 0.0346. The minimum Gasteiger partial charge on any atom is -0.326 e. The Morgan fingerprint density at radius 3 is 2.52 bits per heavy atom. The van der Waals surface area contributed by atoms with Gasteiger partial charge in [0.05, 0.1) is 0 Å². The lowest BCUT2D eigenvalue weighted by molar-refractivity contribution is -0.116. The lowest BCUT2D eigenvalue weighted by Gasteiger charge is -2.08. The number of amides is 1. The second kappa shape index (κ2) is 11.9. The molecule has 2 aromatic rings. The smallest absolute Gasteiger partial charge is 0.224 e. The zero-order valence-corrected chi connectivity index (χ0v) is 14.8. The molecule has 0 radical (unpaired) electrons. The molecule has 126 valence electrons. The van der Waals surface area contributed by atoms with E-state index in [4.69, 9.17) is 0 Å². The van der Waals surface area contributed by atoms with Crippen molar-refractivity contribution in [2.45, 2.75) is 26.3 Å². The van der Waals surface area contributed by atoms with Crippen LogP contribution in [0.5, 0.6) is 0 Å². The van der Waals surface area contributed by atoms with Crippen LogP contribution in [0.2, 0.25) is 0 Å². The lowest BCUT2D eigenvalue weighted by Crippen LogP contribution is -2.14. The summed E-state index contributed by atoms with van der Waals surface area (Å²) in [6, 6.07) is 11.8. The number of carbonyl (C=O) groups is 1. The zero-order valence-electron chi connectivity index (χ0n) is 13.1. The van der Waals surface area contributed by atoms with Crippen LogP contribution in [0, 0.1) is 0 Å². The van der Waals surface area contributed by atoms with E-state index < -0.39 is 0 Å². The van der Waals surface area contributed by atoms with Crippen LogP contribution in [0.15, 0.2) is 48.8 Å². The second-order valence-corrected chi connectivity index (χ2v) is 4.88. The first kappa shape index (κ1) is 21.4. The van der Waals surface area contributed by atoms with Crippen molar-refractivity contribution in [3.8, 4) is 0 Å². The molecule has 23 heavy (non-hydrogen) atoms. The molecule has 0 aliphatic heterocycles. The minimum atomic E-state index is 0. The number of aromatic nitrogens is 1. The van der Waals surface area contributed by atoms with E-state index in [0.29, 0.717) is 6.42 Å². The number of anilines is 1. The Labute approximate surface area is 149 Å². The summed E-state index contributed by atoms with van der Waals surface area (Å²) in [6.07, 6.45) is 4.70. The third kappa shape index (κ3) is 7.98. The van der Waals surface area contributed by atoms with E-state index in [0.717, 1.165) is 30.8 Å². The van der Waals surface area contributed by atoms with Gasteiger partial charge in [0.25, 0.3) is 0 Å². The number of benzene rings is 1. The zero-order chi connectivity index (χ0) is 14.9. The lowest BCUT2D eigenvalue weighted by atomic mass is 10.1. The Morgan fingerprint density at radius 2 is 1.83 bits per heavy atom. The highest BCUT2D eigenvalue weighted by molar-refractivity contribution is 5.90. The maximum Gasteiger partial charge on any atom is 0.224 e. The molecule has 1 amide bonds. The fraction of sp³-hybridized carbons (Fsp3) is 0.294. The molecule has 0 bridgehead atoms. The van der Waals surface area contributed by atoms with Gasteiger partial charge in [0.2, 0.25) is 5.91 Å². The molecule has 2 rings (SSSR count). The van der Waals surface area contributed by atoms with Gasteiger partial charge in [0.1, 0.15) is 0 Å². The maximum absolute atomic E-state index is 12.0. The molecule has 1 heterocycles. The van der Waals surface area contributed by atoms with Crippen molar-refractivity contribution in [2.75, 3.05) is 11.9 Å². The highest BCUT2D eigenvalue weighted by atomic mass is 35.5. The van der Waals surface area contributed by atoms with Crippen LogP contribution in [-0.2, 0) is 17.8 Å². The number of nitrogens with one attached hydrogen (secondary N) is 2. The molecule has 0 aliphatic rings. The predicted octanol–water partition coefficient (Wildman–Crippen LogP) is 3.61. The van der Waals surface area contributed by atoms with Gasteiger partial charge in [-0.15, -0.1) is 24.8 Å². The highest BCUT2D eigenvalue weighted by Crippen LogP contribution is 2.11. The van der Waals surface area contributed by atoms with Crippen molar-refractivity contribution in [1.29, 1.82) is 0 Å². The van der Waals surface area contributed by atoms with Crippen LogP contribution in [-0.4, -0.2) is 17.4 Å². The van der Waals surface area contributed by atoms with Gasteiger partial charge in [0.15, 0.2) is 0 Å². The van der Waals surface area contributed by atoms with Crippen molar-refractivity contribution in [3.63, 3.8) is 0 Å². The van der Waals surface area contributed by atoms with Gasteiger partial charge in [-0.2, -0.15) is 0 Å². The molecule has 1 aromatic heterocycles. The van der Waals surface area contributed by atoms with Gasteiger partial charge in [-0.25, -0.2) is 0 Å². The standard InChI is InChI=1S/C17H21N3O.2ClH/c1-2-18-13-15-4-3-5-16(12-15)20-17(21)7-6-14-8-10-19-11-9-14;;/h3-5,8-12,18H,2,6-7,13H2,1H3,(H,20,21);2*1H. The van der Waals surface area contributed by atoms with Crippen LogP contribution in [0.3, 0.4) is 0 Å². The summed E-state index contributed by atoms with van der Waals surface area (Å²) in [5.41, 5.74) is 3.15. The Kier molecular flexibility index (Phi) is 11.0. The number of carbonyl (C=O) groups excluding carboxylic acids is 1. The average Bonchev–Trinajstić information content (AvgIpc) is 2.52. The van der Waals surface area contributed by atoms with Crippen LogP contribution < -0.4 is 10.6 Å². The van der Waals surface area contributed by atoms with E-state index in [-0.39, 0.29) is 30.7 Å². The van der Waals surface area contributed by atoms with E-state index >= 15 is 0 Å². The molecule has 0 unspecified atom stereocenters. The van der Waals surface area contributed by atoms with E-state index in [1.165, 1.54) is 5.56 Å². The molecule has 6 heteroatoms. The Morgan fingerprint density at radius 1 is 1.09 bits per heavy atom. The van der Waals surface area contributed by atoms with Crippen LogP contribution in [0.25, 0.3) is 0 Å². The molecule has 4 nitrogen and oxygen atoms in total. The van der Waals surface area contributed by atoms with Gasteiger partial charge < -0.3 is 10.6 Å². The summed E-state index contributed by atoms with van der Waals surface area (Å²) in [5, 5.41) is 6.22. The number of hydrogen-bond donors (Lipinski definition) is 2. The fourth-order valence-corrected chi connectivity index (χ4v) is 2.06. The quantitative estimate of drug-likeness (QED) is 0.797. The van der Waals surface area contributed by atoms with E-state index in [1.54, 1.807) is 12.4 Å². The van der Waals surface area contributed by atoms with Gasteiger partial charge in [-0.3, -0.25) is 9.78 Å². The van der Waals surface area contributed by atoms with Gasteiger partial charge in [0, 0.05) is 31.0 Å². The van der Waals surface area contributed by atoms with Crippen LogP contribution >= 0.6 is 24.8 Å². The molecule has 0 atom stereocenters. The average molecular weight is 356 g/mol. The predicted molar refractivity (Wildman–Crippen MR) is 99.5 cm³/mol. The van der Waals surface area contributed by atoms with Crippen molar-refractivity contribution >= 4 is 36.4 Å². The maximum atomic E-state index is 12.0. The highest BCUT2D eigenvalue weighted by Gasteiger charge is 2.04. The Bertz CT molecular complexity index is 579. The van der Waals surface area contributed by atoms with Crippen molar-refractivity contribution in [3.05, 3.63) is 59.9 Å². The normalized spacial score (nSPS) is 9.43. The second-order valence-electron chi connectivity index (χ2n) is 4.88. The number of nitrogens with zero attached hydrogens (tertiary/aromatic N) is 1. The molecule has 0 saturated heterocycles. The number of hydrogen-bond acceptors (Lipinski definition) is 3. The van der Waals surface area contributed by atoms with Gasteiger partial charge in [-0.1, -0.05) is 19.1 Å². The summed E-state index contributed by atoms with van der Waals surface area (Å²) in [6.45, 7) is 3.82. The molecule has 0 aliphatic carbocycles. The molecule has 0 saturated carbocycles. The number of rotatable bonds is 7. The number of aryl methyl sites for hydroxylation is 1. The third-order valence-electron chi connectivity index (χ3n) is 3.18. The van der Waals surface area contributed by atoms with Gasteiger partial charge in [-0.05, 0) is 48.4 Å². The van der Waals surface area contributed by atoms with Crippen LogP contribution in [0.4, 0.5) is 5.69 Å². The molecular formula is C17H23Cl2N3O. The Hall–Kier alpha value is -1.62. The first-order valence-electron chi connectivity index (χ1n) is 7.26. The summed E-state index contributed by atoms with van der Waals surface area (Å²) in [4.78, 5) is 15.9. The molecular weight excluding hydrogens is 333 g/mol.